The molecule has 26 heavy (non-hydrogen) atoms. The molecule has 0 aliphatic carbocycles. The van der Waals surface area contributed by atoms with Gasteiger partial charge in [-0.25, -0.2) is 9.97 Å². The van der Waals surface area contributed by atoms with Crippen molar-refractivity contribution in [3.8, 4) is 11.4 Å². The predicted octanol–water partition coefficient (Wildman–Crippen LogP) is 6.01. The molecule has 0 saturated carbocycles. The summed E-state index contributed by atoms with van der Waals surface area (Å²) in [5, 5.41) is 0. The third-order valence-electron chi connectivity index (χ3n) is 4.96. The molecular weight excluding hydrogens is 320 g/mol. The van der Waals surface area contributed by atoms with E-state index in [-0.39, 0.29) is 0 Å². The van der Waals surface area contributed by atoms with Crippen molar-refractivity contribution in [1.82, 2.24) is 19.9 Å². The maximum Gasteiger partial charge on any atom is 0.138 e. The van der Waals surface area contributed by atoms with Crippen molar-refractivity contribution in [1.29, 1.82) is 0 Å². The van der Waals surface area contributed by atoms with Crippen LogP contribution < -0.4 is 0 Å². The second kappa shape index (κ2) is 7.73. The first-order chi connectivity index (χ1) is 12.8. The Kier molecular flexibility index (Phi) is 5.00. The summed E-state index contributed by atoms with van der Waals surface area (Å²) >= 11 is 0. The lowest BCUT2D eigenvalue weighted by Crippen LogP contribution is -1.88. The summed E-state index contributed by atoms with van der Waals surface area (Å²) in [5.41, 5.74) is 5.27. The standard InChI is InChI=1S/C22H26N4/c1-2-3-4-5-6-7-12-21-23-19-14-13-16(15-20(19)24-21)22-25-17-10-8-9-11-18(17)26-22/h8-11,13-15H,2-7,12H2,1H3,(H,23,24)(H,25,26). The van der Waals surface area contributed by atoms with Gasteiger partial charge in [0.15, 0.2) is 0 Å². The number of aromatic nitrogens is 4. The van der Waals surface area contributed by atoms with Gasteiger partial charge in [-0.2, -0.15) is 0 Å². The molecule has 4 heteroatoms. The van der Waals surface area contributed by atoms with Crippen LogP contribution in [0.3, 0.4) is 0 Å². The van der Waals surface area contributed by atoms with Gasteiger partial charge in [-0.3, -0.25) is 0 Å². The topological polar surface area (TPSA) is 57.4 Å². The van der Waals surface area contributed by atoms with Crippen molar-refractivity contribution >= 4 is 22.1 Å². The summed E-state index contributed by atoms with van der Waals surface area (Å²) in [6.45, 7) is 2.26. The molecule has 0 radical (unpaired) electrons. The number of nitrogens with one attached hydrogen (secondary N) is 2. The average Bonchev–Trinajstić information content (AvgIpc) is 3.27. The Morgan fingerprint density at radius 2 is 1.58 bits per heavy atom. The summed E-state index contributed by atoms with van der Waals surface area (Å²) < 4.78 is 0. The molecule has 0 saturated heterocycles. The summed E-state index contributed by atoms with van der Waals surface area (Å²) in [7, 11) is 0. The Balaban J connectivity index is 1.47. The van der Waals surface area contributed by atoms with Gasteiger partial charge in [0.25, 0.3) is 0 Å². The quantitative estimate of drug-likeness (QED) is 0.384. The predicted molar refractivity (Wildman–Crippen MR) is 108 cm³/mol. The maximum atomic E-state index is 4.74. The van der Waals surface area contributed by atoms with Crippen LogP contribution in [0, 0.1) is 0 Å². The van der Waals surface area contributed by atoms with Gasteiger partial charge in [0.2, 0.25) is 0 Å². The van der Waals surface area contributed by atoms with Crippen LogP contribution >= 0.6 is 0 Å². The molecule has 2 heterocycles. The molecule has 2 N–H and O–H groups in total. The number of hydrogen-bond acceptors (Lipinski definition) is 2. The molecule has 4 nitrogen and oxygen atoms in total. The van der Waals surface area contributed by atoms with E-state index >= 15 is 0 Å². The molecule has 0 amide bonds. The molecule has 4 rings (SSSR count). The molecule has 0 fully saturated rings. The Morgan fingerprint density at radius 1 is 0.769 bits per heavy atom. The molecular formula is C22H26N4. The normalized spacial score (nSPS) is 11.6. The van der Waals surface area contributed by atoms with Gasteiger partial charge < -0.3 is 9.97 Å². The molecule has 0 atom stereocenters. The van der Waals surface area contributed by atoms with Gasteiger partial charge in [-0.05, 0) is 36.8 Å². The minimum atomic E-state index is 0.903. The Morgan fingerprint density at radius 3 is 2.46 bits per heavy atom. The van der Waals surface area contributed by atoms with Crippen molar-refractivity contribution in [3.63, 3.8) is 0 Å². The Hall–Kier alpha value is -2.62. The summed E-state index contributed by atoms with van der Waals surface area (Å²) in [5.74, 6) is 2.00. The number of para-hydroxylation sites is 2. The van der Waals surface area contributed by atoms with E-state index in [4.69, 9.17) is 9.97 Å². The van der Waals surface area contributed by atoms with Gasteiger partial charge in [0.05, 0.1) is 22.1 Å². The highest BCUT2D eigenvalue weighted by Gasteiger charge is 2.08. The van der Waals surface area contributed by atoms with Gasteiger partial charge in [-0.15, -0.1) is 0 Å². The zero-order valence-electron chi connectivity index (χ0n) is 15.4. The second-order valence-electron chi connectivity index (χ2n) is 7.04. The van der Waals surface area contributed by atoms with Crippen LogP contribution in [0.2, 0.25) is 0 Å². The SMILES string of the molecule is CCCCCCCCc1nc2ccc(-c3nc4ccccc4[nH]3)cc2[nH]1. The second-order valence-corrected chi connectivity index (χ2v) is 7.04. The lowest BCUT2D eigenvalue weighted by molar-refractivity contribution is 0.602. The average molecular weight is 346 g/mol. The number of benzene rings is 2. The van der Waals surface area contributed by atoms with Gasteiger partial charge in [0.1, 0.15) is 11.6 Å². The number of unbranched alkanes of at least 4 members (excludes halogenated alkanes) is 5. The Bertz CT molecular complexity index is 963. The Labute approximate surface area is 154 Å². The minimum Gasteiger partial charge on any atom is -0.342 e. The van der Waals surface area contributed by atoms with Crippen LogP contribution in [-0.2, 0) is 6.42 Å². The molecule has 134 valence electrons. The highest BCUT2D eigenvalue weighted by atomic mass is 14.9. The van der Waals surface area contributed by atoms with Crippen LogP contribution in [0.1, 0.15) is 51.3 Å². The lowest BCUT2D eigenvalue weighted by atomic mass is 10.1. The monoisotopic (exact) mass is 346 g/mol. The largest absolute Gasteiger partial charge is 0.342 e. The summed E-state index contributed by atoms with van der Waals surface area (Å²) in [6.07, 6.45) is 8.89. The van der Waals surface area contributed by atoms with E-state index in [1.807, 2.05) is 18.2 Å². The van der Waals surface area contributed by atoms with Crippen LogP contribution in [0.4, 0.5) is 0 Å². The summed E-state index contributed by atoms with van der Waals surface area (Å²) in [6, 6.07) is 14.4. The number of fused-ring (bicyclic) bond motifs is 2. The van der Waals surface area contributed by atoms with Gasteiger partial charge in [-0.1, -0.05) is 51.2 Å². The fourth-order valence-electron chi connectivity index (χ4n) is 3.49. The molecule has 2 aromatic carbocycles. The summed E-state index contributed by atoms with van der Waals surface area (Å²) in [4.78, 5) is 16.3. The number of aromatic amines is 2. The van der Waals surface area contributed by atoms with Crippen LogP contribution in [0.5, 0.6) is 0 Å². The maximum absolute atomic E-state index is 4.74. The molecule has 0 aliphatic heterocycles. The molecule has 0 unspecified atom stereocenters. The molecule has 2 aromatic heterocycles. The first-order valence-corrected chi connectivity index (χ1v) is 9.77. The fraction of sp³-hybridized carbons (Fsp3) is 0.364. The van der Waals surface area contributed by atoms with E-state index in [1.54, 1.807) is 0 Å². The molecule has 0 spiro atoms. The lowest BCUT2D eigenvalue weighted by Gasteiger charge is -1.98. The van der Waals surface area contributed by atoms with E-state index in [0.29, 0.717) is 0 Å². The van der Waals surface area contributed by atoms with Crippen LogP contribution in [-0.4, -0.2) is 19.9 Å². The number of hydrogen-bond donors (Lipinski definition) is 2. The molecule has 4 aromatic rings. The highest BCUT2D eigenvalue weighted by molar-refractivity contribution is 5.84. The number of aryl methyl sites for hydroxylation is 1. The number of imidazole rings is 2. The fourth-order valence-corrected chi connectivity index (χ4v) is 3.49. The van der Waals surface area contributed by atoms with E-state index in [0.717, 1.165) is 45.7 Å². The highest BCUT2D eigenvalue weighted by Crippen LogP contribution is 2.24. The third kappa shape index (κ3) is 3.64. The van der Waals surface area contributed by atoms with E-state index in [1.165, 1.54) is 38.5 Å². The van der Waals surface area contributed by atoms with Crippen molar-refractivity contribution in [2.24, 2.45) is 0 Å². The zero-order valence-corrected chi connectivity index (χ0v) is 15.4. The van der Waals surface area contributed by atoms with Crippen molar-refractivity contribution in [2.75, 3.05) is 0 Å². The third-order valence-corrected chi connectivity index (χ3v) is 4.96. The van der Waals surface area contributed by atoms with Crippen LogP contribution in [0.25, 0.3) is 33.5 Å². The van der Waals surface area contributed by atoms with Crippen molar-refractivity contribution < 1.29 is 0 Å². The number of rotatable bonds is 8. The molecule has 0 bridgehead atoms. The first kappa shape index (κ1) is 16.8. The van der Waals surface area contributed by atoms with Gasteiger partial charge >= 0.3 is 0 Å². The van der Waals surface area contributed by atoms with E-state index < -0.39 is 0 Å². The molecule has 0 aliphatic rings. The zero-order chi connectivity index (χ0) is 17.8. The number of nitrogens with zero attached hydrogens (tertiary/aromatic N) is 2. The number of H-pyrrole nitrogens is 2. The first-order valence-electron chi connectivity index (χ1n) is 9.77. The smallest absolute Gasteiger partial charge is 0.138 e. The van der Waals surface area contributed by atoms with Crippen LogP contribution in [0.15, 0.2) is 42.5 Å². The van der Waals surface area contributed by atoms with Gasteiger partial charge in [0, 0.05) is 12.0 Å². The van der Waals surface area contributed by atoms with E-state index in [2.05, 4.69) is 41.2 Å². The van der Waals surface area contributed by atoms with Crippen molar-refractivity contribution in [3.05, 3.63) is 48.3 Å². The minimum absolute atomic E-state index is 0.903. The van der Waals surface area contributed by atoms with E-state index in [9.17, 15) is 0 Å². The van der Waals surface area contributed by atoms with Crippen molar-refractivity contribution in [2.45, 2.75) is 51.9 Å².